The number of hydrogen-bond acceptors (Lipinski definition) is 7. The molecule has 0 radical (unpaired) electrons. The first-order valence-corrected chi connectivity index (χ1v) is 9.64. The van der Waals surface area contributed by atoms with E-state index in [4.69, 9.17) is 9.47 Å². The molecule has 0 aliphatic heterocycles. The fourth-order valence-electron chi connectivity index (χ4n) is 3.33. The fourth-order valence-corrected chi connectivity index (χ4v) is 3.33. The summed E-state index contributed by atoms with van der Waals surface area (Å²) in [5, 5.41) is 9.31. The molecule has 0 saturated heterocycles. The molecule has 0 fully saturated rings. The number of fused-ring (bicyclic) bond motifs is 1. The minimum atomic E-state index is 0.624. The third kappa shape index (κ3) is 4.00. The number of aromatic nitrogens is 4. The third-order valence-corrected chi connectivity index (χ3v) is 5.02. The van der Waals surface area contributed by atoms with Crippen molar-refractivity contribution in [2.75, 3.05) is 32.7 Å². The standard InChI is InChI=1S/C23H23N5O2/c1-28(11-9-17-6-4-5-10-24-17)23-8-7-16(14-25-23)19-15-26-27-20-13-22(30-3)21(29-2)12-18(19)20/h4-8,10,12-15H,9,11H2,1-3H3. The van der Waals surface area contributed by atoms with Crippen molar-refractivity contribution >= 4 is 16.7 Å². The number of rotatable bonds is 7. The van der Waals surface area contributed by atoms with E-state index in [9.17, 15) is 0 Å². The number of likely N-dealkylation sites (N-methyl/N-ethyl adjacent to an activating group) is 1. The Morgan fingerprint density at radius 3 is 2.47 bits per heavy atom. The van der Waals surface area contributed by atoms with Gasteiger partial charge in [-0.15, -0.1) is 0 Å². The zero-order valence-electron chi connectivity index (χ0n) is 17.2. The van der Waals surface area contributed by atoms with Crippen LogP contribution in [0.3, 0.4) is 0 Å². The van der Waals surface area contributed by atoms with Gasteiger partial charge < -0.3 is 14.4 Å². The fraction of sp³-hybridized carbons (Fsp3) is 0.217. The molecule has 4 aromatic rings. The minimum Gasteiger partial charge on any atom is -0.493 e. The summed E-state index contributed by atoms with van der Waals surface area (Å²) in [5.41, 5.74) is 3.71. The zero-order chi connectivity index (χ0) is 20.9. The van der Waals surface area contributed by atoms with Gasteiger partial charge in [0.25, 0.3) is 0 Å². The normalized spacial score (nSPS) is 10.8. The molecule has 0 saturated carbocycles. The molecule has 3 heterocycles. The smallest absolute Gasteiger partial charge is 0.162 e. The molecule has 0 aliphatic carbocycles. The number of methoxy groups -OCH3 is 2. The first kappa shape index (κ1) is 19.6. The molecule has 0 N–H and O–H groups in total. The lowest BCUT2D eigenvalue weighted by Crippen LogP contribution is -2.21. The van der Waals surface area contributed by atoms with Crippen LogP contribution in [0, 0.1) is 0 Å². The van der Waals surface area contributed by atoms with E-state index in [1.807, 2.05) is 61.9 Å². The van der Waals surface area contributed by atoms with Crippen LogP contribution >= 0.6 is 0 Å². The van der Waals surface area contributed by atoms with Gasteiger partial charge in [-0.05, 0) is 30.3 Å². The van der Waals surface area contributed by atoms with Crippen LogP contribution in [0.25, 0.3) is 22.0 Å². The Morgan fingerprint density at radius 1 is 0.933 bits per heavy atom. The van der Waals surface area contributed by atoms with Gasteiger partial charge in [0.1, 0.15) is 5.82 Å². The van der Waals surface area contributed by atoms with Gasteiger partial charge in [-0.2, -0.15) is 10.2 Å². The van der Waals surface area contributed by atoms with Gasteiger partial charge in [0, 0.05) is 60.7 Å². The van der Waals surface area contributed by atoms with Gasteiger partial charge in [0.05, 0.1) is 25.9 Å². The van der Waals surface area contributed by atoms with Crippen molar-refractivity contribution in [3.63, 3.8) is 0 Å². The maximum atomic E-state index is 5.45. The Hall–Kier alpha value is -3.74. The molecule has 0 amide bonds. The predicted octanol–water partition coefficient (Wildman–Crippen LogP) is 3.78. The largest absolute Gasteiger partial charge is 0.493 e. The topological polar surface area (TPSA) is 73.3 Å². The minimum absolute atomic E-state index is 0.624. The van der Waals surface area contributed by atoms with Crippen molar-refractivity contribution in [2.45, 2.75) is 6.42 Å². The molecule has 7 heteroatoms. The lowest BCUT2D eigenvalue weighted by molar-refractivity contribution is 0.356. The Labute approximate surface area is 175 Å². The second-order valence-corrected chi connectivity index (χ2v) is 6.88. The summed E-state index contributed by atoms with van der Waals surface area (Å²) in [6.45, 7) is 0.833. The first-order chi connectivity index (χ1) is 14.7. The molecular weight excluding hydrogens is 378 g/mol. The number of benzene rings is 1. The number of nitrogens with zero attached hydrogens (tertiary/aromatic N) is 5. The molecule has 1 aromatic carbocycles. The third-order valence-electron chi connectivity index (χ3n) is 5.02. The van der Waals surface area contributed by atoms with Crippen LogP contribution in [0.15, 0.2) is 61.1 Å². The van der Waals surface area contributed by atoms with Crippen molar-refractivity contribution in [2.24, 2.45) is 0 Å². The molecular formula is C23H23N5O2. The molecule has 7 nitrogen and oxygen atoms in total. The van der Waals surface area contributed by atoms with E-state index >= 15 is 0 Å². The van der Waals surface area contributed by atoms with Crippen LogP contribution in [0.5, 0.6) is 11.5 Å². The quantitative estimate of drug-likeness (QED) is 0.466. The summed E-state index contributed by atoms with van der Waals surface area (Å²) in [4.78, 5) is 11.1. The van der Waals surface area contributed by atoms with Crippen LogP contribution in [0.1, 0.15) is 5.69 Å². The highest BCUT2D eigenvalue weighted by atomic mass is 16.5. The molecule has 4 rings (SSSR count). The Morgan fingerprint density at radius 2 is 1.77 bits per heavy atom. The van der Waals surface area contributed by atoms with E-state index in [1.54, 1.807) is 20.4 Å². The van der Waals surface area contributed by atoms with Crippen LogP contribution in [0.4, 0.5) is 5.82 Å². The summed E-state index contributed by atoms with van der Waals surface area (Å²) >= 11 is 0. The molecule has 3 aromatic heterocycles. The SMILES string of the molecule is COc1cc2nncc(-c3ccc(N(C)CCc4ccccn4)nc3)c2cc1OC. The maximum absolute atomic E-state index is 5.45. The highest BCUT2D eigenvalue weighted by Gasteiger charge is 2.12. The van der Waals surface area contributed by atoms with Gasteiger partial charge in [-0.1, -0.05) is 6.07 Å². The van der Waals surface area contributed by atoms with E-state index in [2.05, 4.69) is 25.1 Å². The second-order valence-electron chi connectivity index (χ2n) is 6.88. The highest BCUT2D eigenvalue weighted by Crippen LogP contribution is 2.35. The van der Waals surface area contributed by atoms with Gasteiger partial charge in [-0.25, -0.2) is 4.98 Å². The lowest BCUT2D eigenvalue weighted by atomic mass is 10.0. The Kier molecular flexibility index (Phi) is 5.70. The molecule has 152 valence electrons. The summed E-state index contributed by atoms with van der Waals surface area (Å²) in [5.74, 6) is 2.18. The molecule has 0 aliphatic rings. The van der Waals surface area contributed by atoms with Gasteiger partial charge in [-0.3, -0.25) is 4.98 Å². The molecule has 0 unspecified atom stereocenters. The molecule has 30 heavy (non-hydrogen) atoms. The number of anilines is 1. The van der Waals surface area contributed by atoms with E-state index in [0.29, 0.717) is 11.5 Å². The summed E-state index contributed by atoms with van der Waals surface area (Å²) in [7, 11) is 5.26. The highest BCUT2D eigenvalue weighted by molar-refractivity contribution is 5.95. The van der Waals surface area contributed by atoms with Crippen molar-refractivity contribution in [1.82, 2.24) is 20.2 Å². The Bertz CT molecular complexity index is 1130. The van der Waals surface area contributed by atoms with Gasteiger partial charge in [0.2, 0.25) is 0 Å². The number of pyridine rings is 2. The summed E-state index contributed by atoms with van der Waals surface area (Å²) in [6, 6.07) is 13.8. The van der Waals surface area contributed by atoms with E-state index in [1.165, 1.54) is 0 Å². The van der Waals surface area contributed by atoms with Crippen LogP contribution < -0.4 is 14.4 Å². The Balaban J connectivity index is 1.58. The predicted molar refractivity (Wildman–Crippen MR) is 117 cm³/mol. The summed E-state index contributed by atoms with van der Waals surface area (Å²) < 4.78 is 10.8. The van der Waals surface area contributed by atoms with Gasteiger partial charge in [0.15, 0.2) is 11.5 Å². The van der Waals surface area contributed by atoms with E-state index in [0.717, 1.165) is 46.5 Å². The zero-order valence-corrected chi connectivity index (χ0v) is 17.2. The maximum Gasteiger partial charge on any atom is 0.162 e. The molecule has 0 atom stereocenters. The van der Waals surface area contributed by atoms with E-state index in [-0.39, 0.29) is 0 Å². The first-order valence-electron chi connectivity index (χ1n) is 9.64. The van der Waals surface area contributed by atoms with Crippen molar-refractivity contribution in [1.29, 1.82) is 0 Å². The summed E-state index contributed by atoms with van der Waals surface area (Å²) in [6.07, 6.45) is 6.29. The van der Waals surface area contributed by atoms with Crippen molar-refractivity contribution in [3.05, 3.63) is 66.7 Å². The van der Waals surface area contributed by atoms with Gasteiger partial charge >= 0.3 is 0 Å². The van der Waals surface area contributed by atoms with Crippen molar-refractivity contribution in [3.8, 4) is 22.6 Å². The van der Waals surface area contributed by atoms with Crippen LogP contribution in [-0.2, 0) is 6.42 Å². The number of ether oxygens (including phenoxy) is 2. The average molecular weight is 401 g/mol. The monoisotopic (exact) mass is 401 g/mol. The van der Waals surface area contributed by atoms with Crippen LogP contribution in [-0.4, -0.2) is 48.0 Å². The number of hydrogen-bond donors (Lipinski definition) is 0. The molecule has 0 spiro atoms. The lowest BCUT2D eigenvalue weighted by Gasteiger charge is -2.18. The van der Waals surface area contributed by atoms with Crippen LogP contribution in [0.2, 0.25) is 0 Å². The van der Waals surface area contributed by atoms with Crippen molar-refractivity contribution < 1.29 is 9.47 Å². The second kappa shape index (κ2) is 8.73. The van der Waals surface area contributed by atoms with E-state index < -0.39 is 0 Å². The average Bonchev–Trinajstić information content (AvgIpc) is 2.82. The molecule has 0 bridgehead atoms.